The molecular weight excluding hydrogens is 1330 g/mol. The average molecular weight is 1420 g/mol. The molecule has 1 aliphatic rings. The number of primary amides is 1. The Balaban J connectivity index is 1.52. The van der Waals surface area contributed by atoms with Gasteiger partial charge in [-0.2, -0.15) is 0 Å². The Hall–Kier alpha value is -10.7. The molecule has 1 aliphatic heterocycles. The lowest BCUT2D eigenvalue weighted by Crippen LogP contribution is -2.63. The molecule has 0 aliphatic carbocycles. The quantitative estimate of drug-likeness (QED) is 0.0235. The average Bonchev–Trinajstić information content (AvgIpc) is 1.74. The first kappa shape index (κ1) is 82.7. The molecule has 0 saturated carbocycles. The predicted octanol–water partition coefficient (Wildman–Crippen LogP) is -6.21. The number of nitrogens with zero attached hydrogens (tertiary/aromatic N) is 1. The van der Waals surface area contributed by atoms with E-state index in [1.807, 2.05) is 0 Å². The Morgan fingerprint density at radius 1 is 0.495 bits per heavy atom. The van der Waals surface area contributed by atoms with Gasteiger partial charge in [0.15, 0.2) is 0 Å². The van der Waals surface area contributed by atoms with Crippen LogP contribution in [-0.2, 0) is 91.2 Å². The fourth-order valence-corrected chi connectivity index (χ4v) is 10.5. The van der Waals surface area contributed by atoms with Gasteiger partial charge in [0, 0.05) is 25.8 Å². The van der Waals surface area contributed by atoms with Gasteiger partial charge in [0.2, 0.25) is 70.9 Å². The summed E-state index contributed by atoms with van der Waals surface area (Å²) in [5, 5.41) is 94.2. The van der Waals surface area contributed by atoms with E-state index >= 15 is 0 Å². The second-order valence-corrected chi connectivity index (χ2v) is 24.2. The maximum absolute atomic E-state index is 14.4. The number of carboxylic acid groups (broad SMARTS) is 3. The normalized spacial score (nSPS) is 16.4. The van der Waals surface area contributed by atoms with Crippen LogP contribution >= 0.6 is 0 Å². The van der Waals surface area contributed by atoms with Crippen molar-refractivity contribution < 1.29 is 108 Å². The second-order valence-electron chi connectivity index (χ2n) is 24.2. The maximum Gasteiger partial charge on any atom is 0.326 e. The van der Waals surface area contributed by atoms with Crippen molar-refractivity contribution in [3.63, 3.8) is 0 Å². The summed E-state index contributed by atoms with van der Waals surface area (Å²) in [6.07, 6.45) is -6.87. The number of rotatable bonds is 42. The summed E-state index contributed by atoms with van der Waals surface area (Å²) in [5.74, 6) is -18.4. The van der Waals surface area contributed by atoms with Crippen LogP contribution < -0.4 is 70.4 Å². The number of aliphatic carboxylic acids is 3. The molecule has 1 heterocycles. The molecule has 36 heteroatoms. The lowest BCUT2D eigenvalue weighted by atomic mass is 10.0. The van der Waals surface area contributed by atoms with E-state index < -0.39 is 212 Å². The monoisotopic (exact) mass is 1420 g/mol. The summed E-state index contributed by atoms with van der Waals surface area (Å²) in [5.41, 5.74) is 18.4. The van der Waals surface area contributed by atoms with Crippen LogP contribution in [0.25, 0.3) is 0 Å². The number of amides is 12. The zero-order valence-electron chi connectivity index (χ0n) is 55.7. The first-order chi connectivity index (χ1) is 47.7. The van der Waals surface area contributed by atoms with E-state index in [2.05, 4.69) is 53.2 Å². The fourth-order valence-electron chi connectivity index (χ4n) is 10.5. The minimum atomic E-state index is -2.13. The van der Waals surface area contributed by atoms with Crippen molar-refractivity contribution >= 4 is 88.8 Å². The highest BCUT2D eigenvalue weighted by atomic mass is 16.4. The Labute approximate surface area is 579 Å². The molecule has 101 heavy (non-hydrogen) atoms. The summed E-state index contributed by atoms with van der Waals surface area (Å²) >= 11 is 0. The number of hydrogen-bond acceptors (Lipinski definition) is 21. The van der Waals surface area contributed by atoms with Gasteiger partial charge in [-0.15, -0.1) is 0 Å². The van der Waals surface area contributed by atoms with E-state index in [0.717, 1.165) is 18.7 Å². The molecule has 0 unspecified atom stereocenters. The molecule has 3 aromatic rings. The molecule has 0 radical (unpaired) electrons. The molecule has 0 aromatic heterocycles. The number of hydrogen-bond donors (Lipinski definition) is 20. The molecular formula is C65H90N14O22. The fraction of sp³-hybridized carbons (Fsp3) is 0.492. The number of benzene rings is 3. The third-order valence-corrected chi connectivity index (χ3v) is 16.0. The van der Waals surface area contributed by atoms with Gasteiger partial charge >= 0.3 is 17.9 Å². The highest BCUT2D eigenvalue weighted by molar-refractivity contribution is 6.01. The largest absolute Gasteiger partial charge is 0.508 e. The van der Waals surface area contributed by atoms with Crippen LogP contribution in [0, 0.1) is 0 Å². The van der Waals surface area contributed by atoms with E-state index in [1.165, 1.54) is 31.2 Å². The zero-order valence-corrected chi connectivity index (χ0v) is 55.7. The minimum Gasteiger partial charge on any atom is -0.508 e. The molecule has 0 spiro atoms. The third-order valence-electron chi connectivity index (χ3n) is 16.0. The molecule has 36 nitrogen and oxygen atoms in total. The number of carboxylic acids is 3. The van der Waals surface area contributed by atoms with Crippen LogP contribution in [0.2, 0.25) is 0 Å². The van der Waals surface area contributed by atoms with Crippen LogP contribution in [0.5, 0.6) is 5.75 Å². The highest BCUT2D eigenvalue weighted by Gasteiger charge is 2.42. The number of nitrogens with one attached hydrogen (secondary N) is 10. The maximum atomic E-state index is 14.4. The predicted molar refractivity (Wildman–Crippen MR) is 354 cm³/mol. The molecule has 12 amide bonds. The number of aliphatic hydroxyl groups is 3. The first-order valence-corrected chi connectivity index (χ1v) is 32.3. The van der Waals surface area contributed by atoms with E-state index in [1.54, 1.807) is 60.7 Å². The Kier molecular flexibility index (Phi) is 33.6. The number of phenols is 1. The van der Waals surface area contributed by atoms with Crippen molar-refractivity contribution in [2.75, 3.05) is 19.7 Å². The molecule has 4 rings (SSSR count). The topological polar surface area (TPSA) is 599 Å². The summed E-state index contributed by atoms with van der Waals surface area (Å²) in [6.45, 7) is 2.11. The van der Waals surface area contributed by atoms with E-state index in [0.29, 0.717) is 24.0 Å². The van der Waals surface area contributed by atoms with Crippen LogP contribution in [0.3, 0.4) is 0 Å². The van der Waals surface area contributed by atoms with E-state index in [9.17, 15) is 108 Å². The van der Waals surface area contributed by atoms with Gasteiger partial charge in [0.1, 0.15) is 72.2 Å². The summed E-state index contributed by atoms with van der Waals surface area (Å²) < 4.78 is 0. The number of phenolic OH excluding ortho intramolecular Hbond substituents is 1. The van der Waals surface area contributed by atoms with E-state index in [4.69, 9.17) is 17.2 Å². The molecule has 1 saturated heterocycles. The van der Waals surface area contributed by atoms with Crippen LogP contribution in [0.4, 0.5) is 0 Å². The van der Waals surface area contributed by atoms with Gasteiger partial charge in [0.05, 0.1) is 37.7 Å². The highest BCUT2D eigenvalue weighted by Crippen LogP contribution is 2.21. The number of carbonyl (C=O) groups is 15. The third kappa shape index (κ3) is 27.5. The SMILES string of the molecule is C[C@H](NC(=O)[C@@H](NC(=O)[C@H](Cc1ccccc1)NC(=O)[C@@H]1CCCN1C(=O)[C@H](CC(=O)O)NC(=O)[C@@H](NC(=O)[C@H](CO)NC(=O)[C@H](CCC(=O)O)NC(=O)[C@H](Cc1ccc(O)cc1)NC(=O)[C@H](CC(N)=O)NC(=O)[C@@H](N)Cc1ccccc1)[C@@H](C)O)[C@@H](C)O)C(=O)N[C@@H](CCCCN)C(=O)O. The van der Waals surface area contributed by atoms with Gasteiger partial charge in [-0.1, -0.05) is 72.8 Å². The first-order valence-electron chi connectivity index (χ1n) is 32.3. The van der Waals surface area contributed by atoms with E-state index in [-0.39, 0.29) is 56.5 Å². The zero-order chi connectivity index (χ0) is 75.2. The van der Waals surface area contributed by atoms with Crippen molar-refractivity contribution in [2.45, 2.75) is 183 Å². The van der Waals surface area contributed by atoms with Gasteiger partial charge in [0.25, 0.3) is 0 Å². The van der Waals surface area contributed by atoms with Crippen molar-refractivity contribution in [1.29, 1.82) is 0 Å². The summed E-state index contributed by atoms with van der Waals surface area (Å²) in [7, 11) is 0. The van der Waals surface area contributed by atoms with Crippen molar-refractivity contribution in [3.8, 4) is 5.75 Å². The number of aliphatic hydroxyl groups excluding tert-OH is 3. The number of unbranched alkanes of at least 4 members (excludes halogenated alkanes) is 1. The number of carbonyl (C=O) groups excluding carboxylic acids is 12. The van der Waals surface area contributed by atoms with Gasteiger partial charge < -0.3 is 111 Å². The molecule has 14 atom stereocenters. The van der Waals surface area contributed by atoms with Crippen LogP contribution in [0.15, 0.2) is 84.9 Å². The van der Waals surface area contributed by atoms with Gasteiger partial charge in [-0.25, -0.2) is 4.79 Å². The minimum absolute atomic E-state index is 0.00189. The van der Waals surface area contributed by atoms with Gasteiger partial charge in [-0.3, -0.25) is 67.1 Å². The molecule has 0 bridgehead atoms. The van der Waals surface area contributed by atoms with Crippen molar-refractivity contribution in [3.05, 3.63) is 102 Å². The molecule has 1 fully saturated rings. The summed E-state index contributed by atoms with van der Waals surface area (Å²) in [4.78, 5) is 202. The number of aromatic hydroxyl groups is 1. The standard InChI is InChI=1S/C65H90N14O22/c1-33(54(89)71-42(65(100)101)17-10-11-25-66)69-62(97)52(34(2)81)77-59(94)44(28-37-15-8-5-9-16-37)74-61(96)48-18-12-26-79(48)64(99)46(31-51(87)88)75-63(98)53(35(3)82)78-60(95)47(32-80)76-56(91)41(23-24-50(85)86)70-57(92)43(29-38-19-21-39(83)22-20-38)73-58(93)45(30-49(68)84)72-55(90)40(67)27-36-13-6-4-7-14-36/h4-9,13-16,19-22,33-35,40-48,52-53,80-83H,10-12,17-18,23-32,66-67H2,1-3H3,(H2,68,84)(H,69,97)(H,70,92)(H,71,89)(H,72,90)(H,73,93)(H,74,96)(H,75,98)(H,76,91)(H,77,94)(H,78,95)(H,85,86)(H,87,88)(H,100,101)/t33-,34+,35+,40-,41-,42-,43-,44-,45-,46-,47-,48-,52-,53-/m0/s1. The second kappa shape index (κ2) is 41.0. The number of likely N-dealkylation sites (tertiary alicyclic amines) is 1. The smallest absolute Gasteiger partial charge is 0.326 e. The van der Waals surface area contributed by atoms with Crippen LogP contribution in [-0.4, -0.2) is 234 Å². The number of nitrogens with two attached hydrogens (primary N) is 3. The molecule has 552 valence electrons. The van der Waals surface area contributed by atoms with Gasteiger partial charge in [-0.05, 0) is 101 Å². The molecule has 3 aromatic carbocycles. The Bertz CT molecular complexity index is 3380. The van der Waals surface area contributed by atoms with Crippen molar-refractivity contribution in [2.24, 2.45) is 17.2 Å². The lowest BCUT2D eigenvalue weighted by Gasteiger charge is -2.31. The Morgan fingerprint density at radius 2 is 0.960 bits per heavy atom. The molecule has 23 N–H and O–H groups in total. The lowest BCUT2D eigenvalue weighted by molar-refractivity contribution is -0.146. The van der Waals surface area contributed by atoms with Crippen LogP contribution in [0.1, 0.15) is 95.2 Å². The Morgan fingerprint density at radius 3 is 1.49 bits per heavy atom. The van der Waals surface area contributed by atoms with Crippen molar-refractivity contribution in [1.82, 2.24) is 58.1 Å². The summed E-state index contributed by atoms with van der Waals surface area (Å²) in [6, 6.07) is 1.31.